The second-order valence-corrected chi connectivity index (χ2v) is 6.23. The summed E-state index contributed by atoms with van der Waals surface area (Å²) in [5.41, 5.74) is 0.0687. The van der Waals surface area contributed by atoms with Gasteiger partial charge in [-0.05, 0) is 43.4 Å². The maximum absolute atomic E-state index is 13.2. The van der Waals surface area contributed by atoms with Crippen LogP contribution in [0.15, 0.2) is 35.3 Å². The van der Waals surface area contributed by atoms with Crippen molar-refractivity contribution in [3.05, 3.63) is 52.2 Å². The molecule has 3 rings (SSSR count). The lowest BCUT2D eigenvalue weighted by Crippen LogP contribution is -2.28. The van der Waals surface area contributed by atoms with Gasteiger partial charge in [0.05, 0.1) is 6.61 Å². The van der Waals surface area contributed by atoms with Gasteiger partial charge in [-0.25, -0.2) is 9.18 Å². The van der Waals surface area contributed by atoms with Crippen LogP contribution in [0.5, 0.6) is 0 Å². The van der Waals surface area contributed by atoms with Gasteiger partial charge in [-0.1, -0.05) is 12.1 Å². The predicted molar refractivity (Wildman–Crippen MR) is 93.4 cm³/mol. The molecule has 0 amide bonds. The quantitative estimate of drug-likeness (QED) is 0.767. The first-order valence-corrected chi connectivity index (χ1v) is 8.71. The fraction of sp³-hybridized carbons (Fsp3) is 0.421. The van der Waals surface area contributed by atoms with Crippen molar-refractivity contribution in [1.29, 1.82) is 0 Å². The van der Waals surface area contributed by atoms with Gasteiger partial charge in [-0.2, -0.15) is 5.10 Å². The second kappa shape index (κ2) is 8.23. The van der Waals surface area contributed by atoms with Gasteiger partial charge in [0.25, 0.3) is 0 Å². The first-order valence-electron chi connectivity index (χ1n) is 8.71. The maximum atomic E-state index is 13.2. The third kappa shape index (κ3) is 4.16. The van der Waals surface area contributed by atoms with Crippen LogP contribution in [0.3, 0.4) is 0 Å². The molecule has 0 N–H and O–H groups in total. The summed E-state index contributed by atoms with van der Waals surface area (Å²) in [6.07, 6.45) is 3.41. The highest BCUT2D eigenvalue weighted by atomic mass is 19.1. The molecule has 0 spiro atoms. The number of carbonyl (C=O) groups excluding carboxylic acids is 1. The number of rotatable bonds is 5. The molecule has 0 atom stereocenters. The molecule has 1 saturated heterocycles. The Kier molecular flexibility index (Phi) is 5.78. The lowest BCUT2D eigenvalue weighted by molar-refractivity contribution is 0.0506. The monoisotopic (exact) mass is 360 g/mol. The number of esters is 1. The van der Waals surface area contributed by atoms with Crippen molar-refractivity contribution in [2.45, 2.75) is 26.3 Å². The molecule has 1 aliphatic rings. The second-order valence-electron chi connectivity index (χ2n) is 6.23. The highest BCUT2D eigenvalue weighted by molar-refractivity contribution is 5.88. The van der Waals surface area contributed by atoms with Crippen LogP contribution in [0.4, 0.5) is 4.39 Å². The molecule has 0 unspecified atom stereocenters. The van der Waals surface area contributed by atoms with Crippen LogP contribution in [0.2, 0.25) is 0 Å². The molecule has 1 aromatic carbocycles. The number of benzene rings is 1. The lowest BCUT2D eigenvalue weighted by Gasteiger charge is -2.23. The van der Waals surface area contributed by atoms with Crippen LogP contribution >= 0.6 is 0 Å². The molecule has 138 valence electrons. The third-order valence-electron chi connectivity index (χ3n) is 4.38. The van der Waals surface area contributed by atoms with Crippen LogP contribution in [0.25, 0.3) is 11.1 Å². The Labute approximate surface area is 150 Å². The number of hydrogen-bond donors (Lipinski definition) is 0. The van der Waals surface area contributed by atoms with E-state index in [4.69, 9.17) is 9.47 Å². The van der Waals surface area contributed by atoms with E-state index in [2.05, 4.69) is 5.10 Å². The van der Waals surface area contributed by atoms with E-state index in [0.29, 0.717) is 36.8 Å². The predicted octanol–water partition coefficient (Wildman–Crippen LogP) is 2.65. The molecule has 1 aliphatic heterocycles. The minimum absolute atomic E-state index is 0.153. The topological polar surface area (TPSA) is 70.4 Å². The van der Waals surface area contributed by atoms with Crippen molar-refractivity contribution >= 4 is 5.97 Å². The van der Waals surface area contributed by atoms with Gasteiger partial charge in [-0.3, -0.25) is 9.48 Å². The van der Waals surface area contributed by atoms with E-state index in [-0.39, 0.29) is 12.3 Å². The van der Waals surface area contributed by atoms with E-state index in [0.717, 1.165) is 12.8 Å². The van der Waals surface area contributed by atoms with Crippen molar-refractivity contribution < 1.29 is 18.7 Å². The zero-order chi connectivity index (χ0) is 18.5. The lowest BCUT2D eigenvalue weighted by atomic mass is 10.0. The number of hydrogen-bond acceptors (Lipinski definition) is 5. The molecular formula is C19H21FN2O4. The Morgan fingerprint density at radius 2 is 2.00 bits per heavy atom. The SMILES string of the molecule is CCOC(=O)c1nn(CC2CCOCC2)cc(-c2ccc(F)cc2)c1=O. The summed E-state index contributed by atoms with van der Waals surface area (Å²) in [6, 6.07) is 5.59. The minimum atomic E-state index is -0.748. The van der Waals surface area contributed by atoms with Crippen LogP contribution in [-0.4, -0.2) is 35.6 Å². The summed E-state index contributed by atoms with van der Waals surface area (Å²) in [5, 5.41) is 4.20. The zero-order valence-electron chi connectivity index (χ0n) is 14.6. The van der Waals surface area contributed by atoms with E-state index in [1.807, 2.05) is 0 Å². The molecular weight excluding hydrogens is 339 g/mol. The van der Waals surface area contributed by atoms with E-state index in [1.54, 1.807) is 17.8 Å². The van der Waals surface area contributed by atoms with Crippen LogP contribution in [-0.2, 0) is 16.0 Å². The van der Waals surface area contributed by atoms with E-state index >= 15 is 0 Å². The molecule has 0 saturated carbocycles. The highest BCUT2D eigenvalue weighted by Gasteiger charge is 2.21. The van der Waals surface area contributed by atoms with Gasteiger partial charge < -0.3 is 9.47 Å². The Morgan fingerprint density at radius 3 is 2.65 bits per heavy atom. The number of aromatic nitrogens is 2. The van der Waals surface area contributed by atoms with E-state index in [9.17, 15) is 14.0 Å². The van der Waals surface area contributed by atoms with Gasteiger partial charge >= 0.3 is 5.97 Å². The van der Waals surface area contributed by atoms with Gasteiger partial charge in [0.15, 0.2) is 0 Å². The normalized spacial score (nSPS) is 15.0. The van der Waals surface area contributed by atoms with Crippen LogP contribution in [0, 0.1) is 11.7 Å². The zero-order valence-corrected chi connectivity index (χ0v) is 14.6. The number of ether oxygens (including phenoxy) is 2. The molecule has 2 aromatic rings. The van der Waals surface area contributed by atoms with Gasteiger partial charge in [-0.15, -0.1) is 0 Å². The van der Waals surface area contributed by atoms with Gasteiger partial charge in [0, 0.05) is 31.5 Å². The van der Waals surface area contributed by atoms with Crippen LogP contribution in [0.1, 0.15) is 30.3 Å². The Balaban J connectivity index is 2.02. The number of halogens is 1. The van der Waals surface area contributed by atoms with Gasteiger partial charge in [0.2, 0.25) is 11.1 Å². The fourth-order valence-corrected chi connectivity index (χ4v) is 2.99. The number of carbonyl (C=O) groups is 1. The van der Waals surface area contributed by atoms with Crippen molar-refractivity contribution in [3.8, 4) is 11.1 Å². The van der Waals surface area contributed by atoms with Gasteiger partial charge in [0.1, 0.15) is 5.82 Å². The third-order valence-corrected chi connectivity index (χ3v) is 4.38. The molecule has 1 aromatic heterocycles. The maximum Gasteiger partial charge on any atom is 0.362 e. The van der Waals surface area contributed by atoms with Crippen molar-refractivity contribution in [1.82, 2.24) is 9.78 Å². The molecule has 26 heavy (non-hydrogen) atoms. The molecule has 6 nitrogen and oxygen atoms in total. The van der Waals surface area contributed by atoms with Crippen molar-refractivity contribution in [2.75, 3.05) is 19.8 Å². The molecule has 1 fully saturated rings. The minimum Gasteiger partial charge on any atom is -0.461 e. The first kappa shape index (κ1) is 18.3. The summed E-state index contributed by atoms with van der Waals surface area (Å²) in [4.78, 5) is 24.9. The summed E-state index contributed by atoms with van der Waals surface area (Å²) < 4.78 is 25.2. The molecule has 7 heteroatoms. The average molecular weight is 360 g/mol. The molecule has 0 aliphatic carbocycles. The van der Waals surface area contributed by atoms with Crippen molar-refractivity contribution in [3.63, 3.8) is 0 Å². The van der Waals surface area contributed by atoms with E-state index in [1.165, 1.54) is 24.3 Å². The summed E-state index contributed by atoms with van der Waals surface area (Å²) in [7, 11) is 0. The summed E-state index contributed by atoms with van der Waals surface area (Å²) >= 11 is 0. The van der Waals surface area contributed by atoms with Crippen LogP contribution < -0.4 is 5.43 Å². The summed E-state index contributed by atoms with van der Waals surface area (Å²) in [6.45, 7) is 3.79. The molecule has 0 bridgehead atoms. The first-order chi connectivity index (χ1) is 12.6. The average Bonchev–Trinajstić information content (AvgIpc) is 2.65. The fourth-order valence-electron chi connectivity index (χ4n) is 2.99. The Hall–Kier alpha value is -2.54. The molecule has 0 radical (unpaired) electrons. The molecule has 2 heterocycles. The van der Waals surface area contributed by atoms with E-state index < -0.39 is 17.2 Å². The Bertz CT molecular complexity index is 826. The highest BCUT2D eigenvalue weighted by Crippen LogP contribution is 2.19. The largest absolute Gasteiger partial charge is 0.461 e. The smallest absolute Gasteiger partial charge is 0.362 e. The number of nitrogens with zero attached hydrogens (tertiary/aromatic N) is 2. The summed E-state index contributed by atoms with van der Waals surface area (Å²) in [5.74, 6) is -0.784. The van der Waals surface area contributed by atoms with Crippen molar-refractivity contribution in [2.24, 2.45) is 5.92 Å². The standard InChI is InChI=1S/C19H21FN2O4/c1-2-26-19(24)17-18(23)16(14-3-5-15(20)6-4-14)12-22(21-17)11-13-7-9-25-10-8-13/h3-6,12-13H,2,7-11H2,1H3. The Morgan fingerprint density at radius 1 is 1.31 bits per heavy atom.